The van der Waals surface area contributed by atoms with Crippen molar-refractivity contribution in [2.24, 2.45) is 11.7 Å². The van der Waals surface area contributed by atoms with Crippen molar-refractivity contribution >= 4 is 29.1 Å². The van der Waals surface area contributed by atoms with Crippen LogP contribution in [0.25, 0.3) is 0 Å². The molecule has 2 N–H and O–H groups in total. The molecule has 1 saturated heterocycles. The van der Waals surface area contributed by atoms with Crippen LogP contribution >= 0.6 is 23.2 Å². The summed E-state index contributed by atoms with van der Waals surface area (Å²) in [5, 5.41) is 0.936. The van der Waals surface area contributed by atoms with Gasteiger partial charge in [-0.25, -0.2) is 0 Å². The molecule has 4 nitrogen and oxygen atoms in total. The minimum atomic E-state index is -0.592. The minimum absolute atomic E-state index is 0.0311. The number of rotatable bonds is 4. The Bertz CT molecular complexity index is 537. The molecular weight excluding hydrogens is 323 g/mol. The highest BCUT2D eigenvalue weighted by atomic mass is 35.5. The molecule has 6 heteroatoms. The predicted molar refractivity (Wildman–Crippen MR) is 89.5 cm³/mol. The van der Waals surface area contributed by atoms with Crippen LogP contribution in [-0.4, -0.2) is 36.0 Å². The Labute approximate surface area is 141 Å². The van der Waals surface area contributed by atoms with Gasteiger partial charge in [0.25, 0.3) is 5.91 Å². The maximum absolute atomic E-state index is 12.5. The van der Waals surface area contributed by atoms with Gasteiger partial charge in [-0.05, 0) is 50.8 Å². The molecule has 22 heavy (non-hydrogen) atoms. The van der Waals surface area contributed by atoms with Crippen molar-refractivity contribution in [2.75, 3.05) is 13.1 Å². The van der Waals surface area contributed by atoms with Crippen molar-refractivity contribution < 1.29 is 9.53 Å². The van der Waals surface area contributed by atoms with Gasteiger partial charge in [-0.3, -0.25) is 4.79 Å². The van der Waals surface area contributed by atoms with E-state index in [1.165, 1.54) is 0 Å². The number of likely N-dealkylation sites (tertiary alicyclic amines) is 1. The van der Waals surface area contributed by atoms with Gasteiger partial charge in [0.05, 0.1) is 5.02 Å². The second-order valence-corrected chi connectivity index (χ2v) is 6.72. The van der Waals surface area contributed by atoms with Crippen LogP contribution in [0.2, 0.25) is 10.0 Å². The third-order valence-electron chi connectivity index (χ3n) is 4.06. The molecule has 1 fully saturated rings. The third kappa shape index (κ3) is 4.28. The van der Waals surface area contributed by atoms with Crippen molar-refractivity contribution in [1.82, 2.24) is 4.90 Å². The van der Waals surface area contributed by atoms with Crippen molar-refractivity contribution in [3.63, 3.8) is 0 Å². The SMILES string of the molecule is CC(Oc1ccc(Cl)cc1Cl)C(=O)N1CCCC(C(C)N)C1. The summed E-state index contributed by atoms with van der Waals surface area (Å²) < 4.78 is 5.70. The maximum atomic E-state index is 12.5. The summed E-state index contributed by atoms with van der Waals surface area (Å²) in [4.78, 5) is 14.4. The van der Waals surface area contributed by atoms with Gasteiger partial charge >= 0.3 is 0 Å². The second-order valence-electron chi connectivity index (χ2n) is 5.88. The Balaban J connectivity index is 1.99. The Morgan fingerprint density at radius 1 is 1.41 bits per heavy atom. The molecule has 0 bridgehead atoms. The molecule has 3 unspecified atom stereocenters. The molecule has 0 spiro atoms. The van der Waals surface area contributed by atoms with Crippen molar-refractivity contribution in [2.45, 2.75) is 38.8 Å². The second kappa shape index (κ2) is 7.53. The zero-order valence-electron chi connectivity index (χ0n) is 12.9. The molecule has 1 aromatic carbocycles. The molecule has 2 rings (SSSR count). The van der Waals surface area contributed by atoms with E-state index < -0.39 is 6.10 Å². The van der Waals surface area contributed by atoms with Crippen LogP contribution < -0.4 is 10.5 Å². The molecule has 1 aliphatic heterocycles. The van der Waals surface area contributed by atoms with E-state index in [0.717, 1.165) is 19.4 Å². The summed E-state index contributed by atoms with van der Waals surface area (Å²) >= 11 is 11.9. The summed E-state index contributed by atoms with van der Waals surface area (Å²) in [6.45, 7) is 5.18. The lowest BCUT2D eigenvalue weighted by atomic mass is 9.92. The van der Waals surface area contributed by atoms with Crippen LogP contribution in [0.3, 0.4) is 0 Å². The molecule has 0 saturated carbocycles. The number of halogens is 2. The van der Waals surface area contributed by atoms with E-state index in [9.17, 15) is 4.79 Å². The van der Waals surface area contributed by atoms with E-state index in [4.69, 9.17) is 33.7 Å². The van der Waals surface area contributed by atoms with Crippen molar-refractivity contribution in [1.29, 1.82) is 0 Å². The first-order valence-electron chi connectivity index (χ1n) is 7.54. The van der Waals surface area contributed by atoms with Crippen LogP contribution in [0, 0.1) is 5.92 Å². The number of piperidine rings is 1. The van der Waals surface area contributed by atoms with Crippen LogP contribution in [0.4, 0.5) is 0 Å². The monoisotopic (exact) mass is 344 g/mol. The molecule has 0 aromatic heterocycles. The molecule has 3 atom stereocenters. The number of nitrogens with two attached hydrogens (primary N) is 1. The van der Waals surface area contributed by atoms with E-state index in [2.05, 4.69) is 0 Å². The fraction of sp³-hybridized carbons (Fsp3) is 0.562. The summed E-state index contributed by atoms with van der Waals surface area (Å²) in [5.74, 6) is 0.785. The molecule has 1 aliphatic rings. The topological polar surface area (TPSA) is 55.6 Å². The Hall–Kier alpha value is -0.970. The number of hydrogen-bond donors (Lipinski definition) is 1. The third-order valence-corrected chi connectivity index (χ3v) is 4.59. The zero-order valence-corrected chi connectivity index (χ0v) is 14.4. The Morgan fingerprint density at radius 2 is 2.14 bits per heavy atom. The average Bonchev–Trinajstić information content (AvgIpc) is 2.49. The smallest absolute Gasteiger partial charge is 0.263 e. The Morgan fingerprint density at radius 3 is 2.77 bits per heavy atom. The molecule has 1 amide bonds. The average molecular weight is 345 g/mol. The summed E-state index contributed by atoms with van der Waals surface area (Å²) in [7, 11) is 0. The Kier molecular flexibility index (Phi) is 5.95. The van der Waals surface area contributed by atoms with Gasteiger partial charge in [-0.15, -0.1) is 0 Å². The van der Waals surface area contributed by atoms with Gasteiger partial charge in [-0.2, -0.15) is 0 Å². The molecule has 0 radical (unpaired) electrons. The van der Waals surface area contributed by atoms with E-state index >= 15 is 0 Å². The highest BCUT2D eigenvalue weighted by Crippen LogP contribution is 2.29. The first-order valence-corrected chi connectivity index (χ1v) is 8.30. The minimum Gasteiger partial charge on any atom is -0.479 e. The number of benzene rings is 1. The lowest BCUT2D eigenvalue weighted by Gasteiger charge is -2.35. The standard InChI is InChI=1S/C16H22Cl2N2O2/c1-10(19)12-4-3-7-20(9-12)16(21)11(2)22-15-6-5-13(17)8-14(15)18/h5-6,8,10-12H,3-4,7,9,19H2,1-2H3. The van der Waals surface area contributed by atoms with Gasteiger partial charge in [-0.1, -0.05) is 23.2 Å². The van der Waals surface area contributed by atoms with Crippen molar-refractivity contribution in [3.05, 3.63) is 28.2 Å². The van der Waals surface area contributed by atoms with Crippen LogP contribution in [-0.2, 0) is 4.79 Å². The predicted octanol–water partition coefficient (Wildman–Crippen LogP) is 3.35. The normalized spacial score (nSPS) is 21.3. The first-order chi connectivity index (χ1) is 10.4. The van der Waals surface area contributed by atoms with Gasteiger partial charge in [0.1, 0.15) is 5.75 Å². The number of amides is 1. The van der Waals surface area contributed by atoms with Gasteiger partial charge in [0.2, 0.25) is 0 Å². The van der Waals surface area contributed by atoms with Crippen LogP contribution in [0.5, 0.6) is 5.75 Å². The molecule has 122 valence electrons. The molecule has 0 aliphatic carbocycles. The quantitative estimate of drug-likeness (QED) is 0.911. The molecule has 1 heterocycles. The van der Waals surface area contributed by atoms with Gasteiger partial charge in [0.15, 0.2) is 6.10 Å². The number of hydrogen-bond acceptors (Lipinski definition) is 3. The van der Waals surface area contributed by atoms with Crippen molar-refractivity contribution in [3.8, 4) is 5.75 Å². The lowest BCUT2D eigenvalue weighted by molar-refractivity contribution is -0.139. The largest absolute Gasteiger partial charge is 0.479 e. The lowest BCUT2D eigenvalue weighted by Crippen LogP contribution is -2.48. The maximum Gasteiger partial charge on any atom is 0.263 e. The summed E-state index contributed by atoms with van der Waals surface area (Å²) in [6, 6.07) is 5.06. The zero-order chi connectivity index (χ0) is 16.3. The van der Waals surface area contributed by atoms with Crippen LogP contribution in [0.15, 0.2) is 18.2 Å². The highest BCUT2D eigenvalue weighted by Gasteiger charge is 2.29. The van der Waals surface area contributed by atoms with Gasteiger partial charge < -0.3 is 15.4 Å². The van der Waals surface area contributed by atoms with Gasteiger partial charge in [0, 0.05) is 24.2 Å². The van der Waals surface area contributed by atoms with E-state index in [1.54, 1.807) is 25.1 Å². The summed E-state index contributed by atoms with van der Waals surface area (Å²) in [6.07, 6.45) is 1.46. The molecular formula is C16H22Cl2N2O2. The number of nitrogens with zero attached hydrogens (tertiary/aromatic N) is 1. The first kappa shape index (κ1) is 17.4. The number of carbonyl (C=O) groups excluding carboxylic acids is 1. The fourth-order valence-electron chi connectivity index (χ4n) is 2.71. The van der Waals surface area contributed by atoms with E-state index in [-0.39, 0.29) is 11.9 Å². The number of carbonyl (C=O) groups is 1. The van der Waals surface area contributed by atoms with Crippen LogP contribution in [0.1, 0.15) is 26.7 Å². The van der Waals surface area contributed by atoms with E-state index in [1.807, 2.05) is 11.8 Å². The highest BCUT2D eigenvalue weighted by molar-refractivity contribution is 6.35. The number of ether oxygens (including phenoxy) is 1. The van der Waals surface area contributed by atoms with E-state index in [0.29, 0.717) is 28.3 Å². The molecule has 1 aromatic rings. The fourth-order valence-corrected chi connectivity index (χ4v) is 3.16. The summed E-state index contributed by atoms with van der Waals surface area (Å²) in [5.41, 5.74) is 5.96.